The van der Waals surface area contributed by atoms with Crippen LogP contribution >= 0.6 is 24.2 Å². The van der Waals surface area contributed by atoms with Crippen molar-refractivity contribution in [2.24, 2.45) is 5.73 Å². The summed E-state index contributed by atoms with van der Waals surface area (Å²) in [7, 11) is 0. The van der Waals surface area contributed by atoms with E-state index in [0.717, 1.165) is 35.1 Å². The van der Waals surface area contributed by atoms with Crippen molar-refractivity contribution >= 4 is 41.0 Å². The molecule has 3 rings (SSSR count). The molecule has 2 aromatic rings. The van der Waals surface area contributed by atoms with Crippen LogP contribution in [0.25, 0.3) is 11.0 Å². The minimum atomic E-state index is 0. The van der Waals surface area contributed by atoms with E-state index >= 15 is 0 Å². The second-order valence-corrected chi connectivity index (χ2v) is 5.75. The number of hydrogen-bond donors (Lipinski definition) is 1. The van der Waals surface area contributed by atoms with Gasteiger partial charge in [0.25, 0.3) is 0 Å². The van der Waals surface area contributed by atoms with Crippen molar-refractivity contribution in [3.05, 3.63) is 6.20 Å². The van der Waals surface area contributed by atoms with E-state index in [2.05, 4.69) is 15.0 Å². The summed E-state index contributed by atoms with van der Waals surface area (Å²) < 4.78 is 1.88. The van der Waals surface area contributed by atoms with Gasteiger partial charge in [-0.15, -0.1) is 12.4 Å². The maximum absolute atomic E-state index is 5.64. The van der Waals surface area contributed by atoms with Gasteiger partial charge in [0, 0.05) is 19.6 Å². The highest BCUT2D eigenvalue weighted by Gasteiger charge is 2.19. The van der Waals surface area contributed by atoms with Gasteiger partial charge < -0.3 is 10.6 Å². The van der Waals surface area contributed by atoms with Crippen LogP contribution in [0.5, 0.6) is 0 Å². The fourth-order valence-corrected chi connectivity index (χ4v) is 3.00. The van der Waals surface area contributed by atoms with Crippen LogP contribution in [0.3, 0.4) is 0 Å². The fraction of sp³-hybridized carbons (Fsp3) is 0.615. The zero-order chi connectivity index (χ0) is 13.9. The smallest absolute Gasteiger partial charge is 0.191 e. The number of fused-ring (bicyclic) bond motifs is 1. The van der Waals surface area contributed by atoms with Crippen LogP contribution in [0.4, 0.5) is 5.82 Å². The molecule has 2 N–H and O–H groups in total. The van der Waals surface area contributed by atoms with E-state index in [1.165, 1.54) is 19.3 Å². The molecule has 3 heterocycles. The van der Waals surface area contributed by atoms with Crippen LogP contribution in [0.15, 0.2) is 11.4 Å². The molecule has 1 saturated heterocycles. The lowest BCUT2D eigenvalue weighted by Crippen LogP contribution is -2.30. The first kappa shape index (κ1) is 16.3. The summed E-state index contributed by atoms with van der Waals surface area (Å²) in [5.74, 6) is 1.03. The average molecular weight is 329 g/mol. The highest BCUT2D eigenvalue weighted by molar-refractivity contribution is 7.98. The summed E-state index contributed by atoms with van der Waals surface area (Å²) in [6, 6.07) is 0. The van der Waals surface area contributed by atoms with Gasteiger partial charge in [-0.25, -0.2) is 14.6 Å². The van der Waals surface area contributed by atoms with E-state index in [4.69, 9.17) is 10.7 Å². The number of thioether (sulfide) groups is 1. The molecule has 1 fully saturated rings. The lowest BCUT2D eigenvalue weighted by atomic mass is 10.1. The number of anilines is 1. The van der Waals surface area contributed by atoms with Gasteiger partial charge >= 0.3 is 0 Å². The minimum Gasteiger partial charge on any atom is -0.356 e. The molecular weight excluding hydrogens is 308 g/mol. The molecule has 2 aromatic heterocycles. The molecule has 0 atom stereocenters. The van der Waals surface area contributed by atoms with Crippen molar-refractivity contribution in [2.45, 2.75) is 31.0 Å². The standard InChI is InChI=1S/C13H20N6S.ClH/c1-20-13-16-11(18-6-3-2-4-7-18)10-9-15-19(8-5-14)12(10)17-13;/h9H,2-8,14H2,1H3;1H. The number of piperidine rings is 1. The Kier molecular flexibility index (Phi) is 5.66. The van der Waals surface area contributed by atoms with Crippen molar-refractivity contribution in [3.63, 3.8) is 0 Å². The summed E-state index contributed by atoms with van der Waals surface area (Å²) in [5, 5.41) is 6.26. The second kappa shape index (κ2) is 7.29. The van der Waals surface area contributed by atoms with E-state index < -0.39 is 0 Å². The van der Waals surface area contributed by atoms with Crippen molar-refractivity contribution in [1.29, 1.82) is 0 Å². The summed E-state index contributed by atoms with van der Waals surface area (Å²) in [6.45, 7) is 3.40. The predicted octanol–water partition coefficient (Wildman–Crippen LogP) is 1.92. The third kappa shape index (κ3) is 3.25. The molecule has 0 saturated carbocycles. The van der Waals surface area contributed by atoms with Crippen LogP contribution in [-0.2, 0) is 6.54 Å². The molecule has 1 aliphatic heterocycles. The van der Waals surface area contributed by atoms with E-state index in [0.29, 0.717) is 13.1 Å². The highest BCUT2D eigenvalue weighted by atomic mass is 35.5. The van der Waals surface area contributed by atoms with Gasteiger partial charge in [-0.2, -0.15) is 5.10 Å². The maximum Gasteiger partial charge on any atom is 0.191 e. The Morgan fingerprint density at radius 3 is 2.67 bits per heavy atom. The van der Waals surface area contributed by atoms with E-state index in [1.807, 2.05) is 17.1 Å². The van der Waals surface area contributed by atoms with E-state index in [1.54, 1.807) is 11.8 Å². The van der Waals surface area contributed by atoms with E-state index in [-0.39, 0.29) is 12.4 Å². The molecule has 0 spiro atoms. The first-order valence-electron chi connectivity index (χ1n) is 7.06. The monoisotopic (exact) mass is 328 g/mol. The van der Waals surface area contributed by atoms with Gasteiger partial charge in [0.05, 0.1) is 18.1 Å². The van der Waals surface area contributed by atoms with Gasteiger partial charge in [-0.1, -0.05) is 11.8 Å². The number of hydrogen-bond acceptors (Lipinski definition) is 6. The first-order valence-corrected chi connectivity index (χ1v) is 8.28. The first-order chi connectivity index (χ1) is 9.83. The molecular formula is C13H21ClN6S. The number of halogens is 1. The SMILES string of the molecule is CSc1nc(N2CCCCC2)c2cnn(CCN)c2n1.Cl. The van der Waals surface area contributed by atoms with Gasteiger partial charge in [-0.3, -0.25) is 0 Å². The summed E-state index contributed by atoms with van der Waals surface area (Å²) in [4.78, 5) is 11.7. The van der Waals surface area contributed by atoms with Gasteiger partial charge in [0.15, 0.2) is 10.8 Å². The Morgan fingerprint density at radius 2 is 2.00 bits per heavy atom. The molecule has 0 unspecified atom stereocenters. The van der Waals surface area contributed by atoms with Crippen molar-refractivity contribution in [2.75, 3.05) is 30.8 Å². The quantitative estimate of drug-likeness (QED) is 0.683. The minimum absolute atomic E-state index is 0. The molecule has 0 aromatic carbocycles. The normalized spacial score (nSPS) is 15.2. The molecule has 1 aliphatic rings. The Balaban J connectivity index is 0.00000161. The van der Waals surface area contributed by atoms with Crippen LogP contribution in [0.1, 0.15) is 19.3 Å². The zero-order valence-electron chi connectivity index (χ0n) is 12.2. The Labute approximate surface area is 134 Å². The lowest BCUT2D eigenvalue weighted by molar-refractivity contribution is 0.572. The molecule has 6 nitrogen and oxygen atoms in total. The van der Waals surface area contributed by atoms with Crippen LogP contribution in [0, 0.1) is 0 Å². The van der Waals surface area contributed by atoms with Crippen LogP contribution in [-0.4, -0.2) is 45.6 Å². The lowest BCUT2D eigenvalue weighted by Gasteiger charge is -2.28. The molecule has 116 valence electrons. The number of nitrogens with two attached hydrogens (primary N) is 1. The third-order valence-corrected chi connectivity index (χ3v) is 4.18. The van der Waals surface area contributed by atoms with Crippen LogP contribution in [0.2, 0.25) is 0 Å². The molecule has 8 heteroatoms. The molecule has 0 aliphatic carbocycles. The van der Waals surface area contributed by atoms with Gasteiger partial charge in [0.2, 0.25) is 0 Å². The highest BCUT2D eigenvalue weighted by Crippen LogP contribution is 2.28. The van der Waals surface area contributed by atoms with Crippen molar-refractivity contribution in [3.8, 4) is 0 Å². The van der Waals surface area contributed by atoms with Crippen molar-refractivity contribution < 1.29 is 0 Å². The molecule has 0 bridgehead atoms. The maximum atomic E-state index is 5.64. The molecule has 0 amide bonds. The fourth-order valence-electron chi connectivity index (χ4n) is 2.64. The van der Waals surface area contributed by atoms with E-state index in [9.17, 15) is 0 Å². The van der Waals surface area contributed by atoms with Gasteiger partial charge in [0.1, 0.15) is 5.82 Å². The molecule has 21 heavy (non-hydrogen) atoms. The Hall–Kier alpha value is -1.05. The number of aromatic nitrogens is 4. The zero-order valence-corrected chi connectivity index (χ0v) is 13.8. The topological polar surface area (TPSA) is 72.9 Å². The predicted molar refractivity (Wildman–Crippen MR) is 89.5 cm³/mol. The van der Waals surface area contributed by atoms with Gasteiger partial charge in [-0.05, 0) is 25.5 Å². The number of rotatable bonds is 4. The molecule has 0 radical (unpaired) electrons. The summed E-state index contributed by atoms with van der Waals surface area (Å²) in [5.41, 5.74) is 6.54. The van der Waals surface area contributed by atoms with Crippen molar-refractivity contribution in [1.82, 2.24) is 19.7 Å². The summed E-state index contributed by atoms with van der Waals surface area (Å²) in [6.07, 6.45) is 7.66. The Bertz CT molecular complexity index is 596. The number of nitrogens with zero attached hydrogens (tertiary/aromatic N) is 5. The van der Waals surface area contributed by atoms with Crippen LogP contribution < -0.4 is 10.6 Å². The summed E-state index contributed by atoms with van der Waals surface area (Å²) >= 11 is 1.57. The largest absolute Gasteiger partial charge is 0.356 e. The third-order valence-electron chi connectivity index (χ3n) is 3.63. The average Bonchev–Trinajstić information content (AvgIpc) is 2.91. The Morgan fingerprint density at radius 1 is 1.24 bits per heavy atom. The second-order valence-electron chi connectivity index (χ2n) is 4.98.